The summed E-state index contributed by atoms with van der Waals surface area (Å²) < 4.78 is 5.87. The number of benzene rings is 2. The number of aromatic nitrogens is 2. The van der Waals surface area contributed by atoms with Gasteiger partial charge in [0.25, 0.3) is 23.6 Å². The van der Waals surface area contributed by atoms with Gasteiger partial charge in [-0.15, -0.1) is 10.2 Å². The van der Waals surface area contributed by atoms with Crippen LogP contribution in [-0.4, -0.2) is 33.8 Å². The highest BCUT2D eigenvalue weighted by Gasteiger charge is 2.28. The van der Waals surface area contributed by atoms with E-state index in [2.05, 4.69) is 20.8 Å². The van der Waals surface area contributed by atoms with E-state index in [9.17, 15) is 19.2 Å². The van der Waals surface area contributed by atoms with E-state index in [1.54, 1.807) is 48.5 Å². The summed E-state index contributed by atoms with van der Waals surface area (Å²) >= 11 is 0. The van der Waals surface area contributed by atoms with Crippen LogP contribution in [0.5, 0.6) is 0 Å². The molecule has 0 unspecified atom stereocenters. The van der Waals surface area contributed by atoms with Crippen molar-refractivity contribution >= 4 is 34.8 Å². The number of imide groups is 2. The Bertz CT molecular complexity index is 1260. The molecule has 9 nitrogen and oxygen atoms in total. The Kier molecular flexibility index (Phi) is 4.14. The van der Waals surface area contributed by atoms with Gasteiger partial charge in [0, 0.05) is 34.4 Å². The van der Waals surface area contributed by atoms with Crippen molar-refractivity contribution in [3.63, 3.8) is 0 Å². The molecule has 0 spiro atoms. The van der Waals surface area contributed by atoms with Crippen molar-refractivity contribution in [2.75, 3.05) is 0 Å². The van der Waals surface area contributed by atoms with E-state index in [0.717, 1.165) is 0 Å². The molecule has 3 heterocycles. The van der Waals surface area contributed by atoms with Crippen LogP contribution in [0.4, 0.5) is 0 Å². The first-order valence-corrected chi connectivity index (χ1v) is 9.18. The molecule has 0 saturated heterocycles. The van der Waals surface area contributed by atoms with Gasteiger partial charge in [-0.3, -0.25) is 29.8 Å². The van der Waals surface area contributed by atoms with E-state index in [0.29, 0.717) is 22.3 Å². The van der Waals surface area contributed by atoms with Gasteiger partial charge >= 0.3 is 0 Å². The van der Waals surface area contributed by atoms with Crippen LogP contribution in [0.25, 0.3) is 34.1 Å². The molecule has 3 aromatic rings. The molecule has 1 aromatic heterocycles. The Balaban J connectivity index is 1.59. The third-order valence-electron chi connectivity index (χ3n) is 4.83. The van der Waals surface area contributed by atoms with E-state index < -0.39 is 23.6 Å². The average Bonchev–Trinajstić information content (AvgIpc) is 3.46. The zero-order valence-electron chi connectivity index (χ0n) is 15.7. The fourth-order valence-corrected chi connectivity index (χ4v) is 3.47. The number of hydrogen-bond donors (Lipinski definition) is 2. The summed E-state index contributed by atoms with van der Waals surface area (Å²) in [6.07, 6.45) is 2.44. The molecule has 0 atom stereocenters. The minimum absolute atomic E-state index is 0.134. The average molecular weight is 412 g/mol. The van der Waals surface area contributed by atoms with Crippen LogP contribution in [0.2, 0.25) is 0 Å². The van der Waals surface area contributed by atoms with Crippen molar-refractivity contribution in [3.8, 4) is 22.9 Å². The fourth-order valence-electron chi connectivity index (χ4n) is 3.47. The van der Waals surface area contributed by atoms with Gasteiger partial charge in [0.05, 0.1) is 11.1 Å². The fraction of sp³-hybridized carbons (Fsp3) is 0. The summed E-state index contributed by atoms with van der Waals surface area (Å²) in [4.78, 5) is 47.3. The highest BCUT2D eigenvalue weighted by atomic mass is 16.4. The molecule has 0 saturated carbocycles. The van der Waals surface area contributed by atoms with Gasteiger partial charge in [0.1, 0.15) is 0 Å². The van der Waals surface area contributed by atoms with Crippen LogP contribution in [-0.2, 0) is 19.2 Å². The van der Waals surface area contributed by atoms with Crippen LogP contribution < -0.4 is 10.6 Å². The number of amides is 4. The SMILES string of the molecule is O=C1C=C(c2ccccc2-c2nnc(-c3ccccc3C3=CC(=O)NC3=O)o2)C(=O)N1. The van der Waals surface area contributed by atoms with Crippen LogP contribution >= 0.6 is 0 Å². The van der Waals surface area contributed by atoms with Gasteiger partial charge in [0.15, 0.2) is 0 Å². The second kappa shape index (κ2) is 6.99. The first kappa shape index (κ1) is 18.4. The molecule has 2 aliphatic rings. The van der Waals surface area contributed by atoms with Crippen LogP contribution in [0, 0.1) is 0 Å². The summed E-state index contributed by atoms with van der Waals surface area (Å²) in [6.45, 7) is 0. The zero-order chi connectivity index (χ0) is 21.5. The van der Waals surface area contributed by atoms with E-state index in [1.165, 1.54) is 12.2 Å². The Morgan fingerprint density at radius 2 is 0.968 bits per heavy atom. The van der Waals surface area contributed by atoms with E-state index in [4.69, 9.17) is 4.42 Å². The van der Waals surface area contributed by atoms with Crippen molar-refractivity contribution in [2.45, 2.75) is 0 Å². The molecule has 0 fully saturated rings. The lowest BCUT2D eigenvalue weighted by atomic mass is 9.99. The Morgan fingerprint density at radius 1 is 0.581 bits per heavy atom. The monoisotopic (exact) mass is 412 g/mol. The molecule has 2 aliphatic heterocycles. The zero-order valence-corrected chi connectivity index (χ0v) is 15.7. The maximum atomic E-state index is 12.1. The maximum absolute atomic E-state index is 12.1. The number of nitrogens with one attached hydrogen (secondary N) is 2. The molecule has 0 bridgehead atoms. The normalized spacial score (nSPS) is 15.6. The highest BCUT2D eigenvalue weighted by molar-refractivity contribution is 6.35. The topological polar surface area (TPSA) is 131 Å². The molecule has 2 aromatic carbocycles. The molecule has 4 amide bonds. The van der Waals surface area contributed by atoms with Crippen molar-refractivity contribution in [2.24, 2.45) is 0 Å². The third-order valence-corrected chi connectivity index (χ3v) is 4.83. The lowest BCUT2D eigenvalue weighted by Gasteiger charge is -2.06. The molecule has 0 radical (unpaired) electrons. The van der Waals surface area contributed by atoms with Crippen LogP contribution in [0.3, 0.4) is 0 Å². The number of carbonyl (C=O) groups excluding carboxylic acids is 4. The molecule has 150 valence electrons. The number of rotatable bonds is 4. The molecule has 9 heteroatoms. The Hall–Kier alpha value is -4.66. The lowest BCUT2D eigenvalue weighted by Crippen LogP contribution is -2.21. The first-order valence-electron chi connectivity index (χ1n) is 9.18. The van der Waals surface area contributed by atoms with Crippen molar-refractivity contribution < 1.29 is 23.6 Å². The van der Waals surface area contributed by atoms with Crippen molar-refractivity contribution in [1.82, 2.24) is 20.8 Å². The van der Waals surface area contributed by atoms with E-state index in [1.807, 2.05) is 0 Å². The minimum Gasteiger partial charge on any atom is -0.416 e. The molecule has 5 rings (SSSR count). The summed E-state index contributed by atoms with van der Waals surface area (Å²) in [5, 5.41) is 12.6. The first-order chi connectivity index (χ1) is 15.0. The summed E-state index contributed by atoms with van der Waals surface area (Å²) in [5.41, 5.74) is 2.29. The van der Waals surface area contributed by atoms with Gasteiger partial charge < -0.3 is 4.42 Å². The van der Waals surface area contributed by atoms with Crippen LogP contribution in [0.15, 0.2) is 65.1 Å². The van der Waals surface area contributed by atoms with E-state index >= 15 is 0 Å². The standard InChI is InChI=1S/C22H12N4O5/c27-17-9-15(19(29)23-17)11-5-1-3-7-13(11)21-25-26-22(31-21)14-8-4-2-6-12(14)16-10-18(28)24-20(16)30/h1-10H,(H,23,27,29)(H,24,28,30). The summed E-state index contributed by atoms with van der Waals surface area (Å²) in [5.74, 6) is -1.73. The maximum Gasteiger partial charge on any atom is 0.258 e. The predicted molar refractivity (Wildman–Crippen MR) is 107 cm³/mol. The van der Waals surface area contributed by atoms with Gasteiger partial charge in [-0.05, 0) is 12.1 Å². The predicted octanol–water partition coefficient (Wildman–Crippen LogP) is 1.48. The number of carbonyl (C=O) groups is 4. The molecular formula is C22H12N4O5. The smallest absolute Gasteiger partial charge is 0.258 e. The van der Waals surface area contributed by atoms with E-state index in [-0.39, 0.29) is 22.9 Å². The van der Waals surface area contributed by atoms with Gasteiger partial charge in [0.2, 0.25) is 11.8 Å². The highest BCUT2D eigenvalue weighted by Crippen LogP contribution is 2.34. The second-order valence-corrected chi connectivity index (χ2v) is 6.76. The summed E-state index contributed by atoms with van der Waals surface area (Å²) in [6, 6.07) is 13.7. The lowest BCUT2D eigenvalue weighted by molar-refractivity contribution is -0.124. The molecule has 31 heavy (non-hydrogen) atoms. The number of nitrogens with zero attached hydrogens (tertiary/aromatic N) is 2. The molecule has 0 aliphatic carbocycles. The third kappa shape index (κ3) is 3.14. The minimum atomic E-state index is -0.508. The van der Waals surface area contributed by atoms with Gasteiger partial charge in [-0.25, -0.2) is 0 Å². The largest absolute Gasteiger partial charge is 0.416 e. The van der Waals surface area contributed by atoms with Crippen molar-refractivity contribution in [1.29, 1.82) is 0 Å². The Labute approximate surface area is 174 Å². The quantitative estimate of drug-likeness (QED) is 0.621. The van der Waals surface area contributed by atoms with Gasteiger partial charge in [-0.2, -0.15) is 0 Å². The van der Waals surface area contributed by atoms with Crippen molar-refractivity contribution in [3.05, 3.63) is 71.8 Å². The molecule has 2 N–H and O–H groups in total. The Morgan fingerprint density at radius 3 is 1.32 bits per heavy atom. The van der Waals surface area contributed by atoms with Gasteiger partial charge in [-0.1, -0.05) is 36.4 Å². The van der Waals surface area contributed by atoms with Crippen LogP contribution in [0.1, 0.15) is 11.1 Å². The second-order valence-electron chi connectivity index (χ2n) is 6.76. The number of hydrogen-bond acceptors (Lipinski definition) is 7. The molecular weight excluding hydrogens is 400 g/mol. The summed E-state index contributed by atoms with van der Waals surface area (Å²) in [7, 11) is 0.